The molecule has 0 unspecified atom stereocenters. The maximum absolute atomic E-state index is 13.7. The fraction of sp³-hybridized carbons (Fsp3) is 0. The first kappa shape index (κ1) is 11.7. The lowest BCUT2D eigenvalue weighted by Gasteiger charge is -2.04. The van der Waals surface area contributed by atoms with E-state index >= 15 is 0 Å². The molecule has 0 bridgehead atoms. The van der Waals surface area contributed by atoms with Gasteiger partial charge in [0.1, 0.15) is 5.82 Å². The molecule has 3 aromatic rings. The van der Waals surface area contributed by atoms with Crippen molar-refractivity contribution in [1.29, 1.82) is 0 Å². The van der Waals surface area contributed by atoms with E-state index in [-0.39, 0.29) is 22.6 Å². The number of halogens is 2. The van der Waals surface area contributed by atoms with Crippen molar-refractivity contribution in [2.45, 2.75) is 0 Å². The van der Waals surface area contributed by atoms with E-state index in [0.29, 0.717) is 0 Å². The zero-order valence-corrected chi connectivity index (χ0v) is 10.3. The van der Waals surface area contributed by atoms with Crippen molar-refractivity contribution in [2.24, 2.45) is 0 Å². The second-order valence-electron chi connectivity index (χ2n) is 3.66. The first-order valence-corrected chi connectivity index (χ1v) is 5.78. The van der Waals surface area contributed by atoms with Crippen molar-refractivity contribution in [3.8, 4) is 17.3 Å². The van der Waals surface area contributed by atoms with Crippen LogP contribution < -0.4 is 0 Å². The van der Waals surface area contributed by atoms with Gasteiger partial charge >= 0.3 is 0 Å². The summed E-state index contributed by atoms with van der Waals surface area (Å²) in [6.07, 6.45) is 3.25. The molecule has 0 saturated heterocycles. The lowest BCUT2D eigenvalue weighted by molar-refractivity contribution is 0.629. The number of nitrogens with zero attached hydrogens (tertiary/aromatic N) is 5. The molecule has 94 valence electrons. The van der Waals surface area contributed by atoms with Gasteiger partial charge < -0.3 is 0 Å². The van der Waals surface area contributed by atoms with Gasteiger partial charge in [0.25, 0.3) is 5.95 Å². The predicted octanol–water partition coefficient (Wildman–Crippen LogP) is 2.52. The highest BCUT2D eigenvalue weighted by atomic mass is 35.5. The van der Waals surface area contributed by atoms with Crippen LogP contribution in [0, 0.1) is 5.82 Å². The minimum absolute atomic E-state index is 0.0150. The molecule has 0 atom stereocenters. The summed E-state index contributed by atoms with van der Waals surface area (Å²) in [6.45, 7) is 0. The van der Waals surface area contributed by atoms with Crippen LogP contribution in [0.2, 0.25) is 5.28 Å². The third-order valence-electron chi connectivity index (χ3n) is 2.42. The van der Waals surface area contributed by atoms with Gasteiger partial charge in [-0.05, 0) is 29.8 Å². The van der Waals surface area contributed by atoms with E-state index in [2.05, 4.69) is 20.1 Å². The maximum atomic E-state index is 13.7. The topological polar surface area (TPSA) is 56.5 Å². The molecule has 2 heterocycles. The van der Waals surface area contributed by atoms with Crippen LogP contribution in [-0.2, 0) is 0 Å². The summed E-state index contributed by atoms with van der Waals surface area (Å²) in [6, 6.07) is 7.93. The van der Waals surface area contributed by atoms with Crippen molar-refractivity contribution >= 4 is 11.6 Å². The number of hydrogen-bond donors (Lipinski definition) is 0. The monoisotopic (exact) mass is 275 g/mol. The smallest absolute Gasteiger partial charge is 0.206 e. The van der Waals surface area contributed by atoms with Gasteiger partial charge in [-0.25, -0.2) is 9.07 Å². The minimum atomic E-state index is -0.420. The Hall–Kier alpha value is -2.34. The van der Waals surface area contributed by atoms with Crippen LogP contribution in [0.25, 0.3) is 17.3 Å². The molecule has 0 aliphatic rings. The fourth-order valence-electron chi connectivity index (χ4n) is 1.59. The predicted molar refractivity (Wildman–Crippen MR) is 67.4 cm³/mol. The highest BCUT2D eigenvalue weighted by Gasteiger charge is 2.12. The van der Waals surface area contributed by atoms with Crippen LogP contribution >= 0.6 is 11.6 Å². The third kappa shape index (κ3) is 2.30. The molecule has 0 amide bonds. The van der Waals surface area contributed by atoms with Gasteiger partial charge in [0, 0.05) is 12.4 Å². The van der Waals surface area contributed by atoms with Crippen LogP contribution in [0.5, 0.6) is 0 Å². The summed E-state index contributed by atoms with van der Waals surface area (Å²) < 4.78 is 15.1. The summed E-state index contributed by atoms with van der Waals surface area (Å²) in [4.78, 5) is 12.1. The molecule has 0 saturated carbocycles. The second kappa shape index (κ2) is 4.74. The summed E-state index contributed by atoms with van der Waals surface area (Å²) >= 11 is 5.84. The molecule has 5 nitrogen and oxygen atoms in total. The lowest BCUT2D eigenvalue weighted by atomic mass is 10.2. The van der Waals surface area contributed by atoms with Gasteiger partial charge in [-0.1, -0.05) is 12.1 Å². The molecule has 7 heteroatoms. The van der Waals surface area contributed by atoms with E-state index in [4.69, 9.17) is 11.6 Å². The van der Waals surface area contributed by atoms with E-state index in [9.17, 15) is 4.39 Å². The standard InChI is InChI=1S/C12H7ClFN5/c13-11-16-10(8-4-1-2-5-9(8)14)17-12(18-11)19-7-3-6-15-19/h1-7H. The molecule has 0 N–H and O–H groups in total. The molecule has 0 fully saturated rings. The molecule has 0 aliphatic heterocycles. The van der Waals surface area contributed by atoms with E-state index < -0.39 is 5.82 Å². The number of aromatic nitrogens is 5. The van der Waals surface area contributed by atoms with Gasteiger partial charge in [-0.2, -0.15) is 20.1 Å². The van der Waals surface area contributed by atoms with Crippen molar-refractivity contribution in [3.63, 3.8) is 0 Å². The molecule has 0 aliphatic carbocycles. The highest BCUT2D eigenvalue weighted by molar-refractivity contribution is 6.28. The van der Waals surface area contributed by atoms with E-state index in [1.165, 1.54) is 10.7 Å². The van der Waals surface area contributed by atoms with Crippen LogP contribution in [0.15, 0.2) is 42.7 Å². The van der Waals surface area contributed by atoms with E-state index in [1.807, 2.05) is 0 Å². The summed E-state index contributed by atoms with van der Waals surface area (Å²) in [7, 11) is 0. The van der Waals surface area contributed by atoms with Gasteiger partial charge in [-0.3, -0.25) is 0 Å². The molecular weight excluding hydrogens is 269 g/mol. The van der Waals surface area contributed by atoms with Crippen LogP contribution in [0.3, 0.4) is 0 Å². The summed E-state index contributed by atoms with van der Waals surface area (Å²) in [5, 5.41) is 3.98. The Morgan fingerprint density at radius 2 is 1.89 bits per heavy atom. The van der Waals surface area contributed by atoms with Crippen LogP contribution in [-0.4, -0.2) is 24.7 Å². The van der Waals surface area contributed by atoms with Gasteiger partial charge in [0.15, 0.2) is 5.82 Å². The van der Waals surface area contributed by atoms with Gasteiger partial charge in [0.05, 0.1) is 5.56 Å². The Labute approximate surface area is 112 Å². The molecule has 3 rings (SSSR count). The van der Waals surface area contributed by atoms with Crippen molar-refractivity contribution < 1.29 is 4.39 Å². The zero-order chi connectivity index (χ0) is 13.2. The average molecular weight is 276 g/mol. The molecule has 2 aromatic heterocycles. The molecular formula is C12H7ClFN5. The van der Waals surface area contributed by atoms with Crippen LogP contribution in [0.1, 0.15) is 0 Å². The van der Waals surface area contributed by atoms with Gasteiger partial charge in [0.2, 0.25) is 5.28 Å². The quantitative estimate of drug-likeness (QED) is 0.721. The Balaban J connectivity index is 2.16. The summed E-state index contributed by atoms with van der Waals surface area (Å²) in [5.41, 5.74) is 0.264. The Morgan fingerprint density at radius 1 is 1.05 bits per heavy atom. The Bertz CT molecular complexity index is 714. The van der Waals surface area contributed by atoms with Gasteiger partial charge in [-0.15, -0.1) is 0 Å². The van der Waals surface area contributed by atoms with Crippen molar-refractivity contribution in [1.82, 2.24) is 24.7 Å². The average Bonchev–Trinajstić information content (AvgIpc) is 2.92. The zero-order valence-electron chi connectivity index (χ0n) is 9.53. The number of rotatable bonds is 2. The van der Waals surface area contributed by atoms with Crippen molar-refractivity contribution in [3.05, 3.63) is 53.8 Å². The Kier molecular flexibility index (Phi) is 2.92. The first-order chi connectivity index (χ1) is 9.24. The third-order valence-corrected chi connectivity index (χ3v) is 2.59. The normalized spacial score (nSPS) is 10.6. The summed E-state index contributed by atoms with van der Waals surface area (Å²) in [5.74, 6) is -0.0111. The largest absolute Gasteiger partial charge is 0.255 e. The lowest BCUT2D eigenvalue weighted by Crippen LogP contribution is -2.05. The molecule has 0 spiro atoms. The molecule has 1 aromatic carbocycles. The van der Waals surface area contributed by atoms with Crippen molar-refractivity contribution in [2.75, 3.05) is 0 Å². The van der Waals surface area contributed by atoms with E-state index in [1.54, 1.807) is 36.7 Å². The fourth-order valence-corrected chi connectivity index (χ4v) is 1.75. The minimum Gasteiger partial charge on any atom is -0.206 e. The molecule has 0 radical (unpaired) electrons. The van der Waals surface area contributed by atoms with Crippen LogP contribution in [0.4, 0.5) is 4.39 Å². The maximum Gasteiger partial charge on any atom is 0.255 e. The molecule has 19 heavy (non-hydrogen) atoms. The Morgan fingerprint density at radius 3 is 2.63 bits per heavy atom. The highest BCUT2D eigenvalue weighted by Crippen LogP contribution is 2.20. The number of benzene rings is 1. The second-order valence-corrected chi connectivity index (χ2v) is 4.00. The van der Waals surface area contributed by atoms with E-state index in [0.717, 1.165) is 0 Å². The SMILES string of the molecule is Fc1ccccc1-c1nc(Cl)nc(-n2cccn2)n1. The first-order valence-electron chi connectivity index (χ1n) is 5.40. The number of hydrogen-bond acceptors (Lipinski definition) is 4.